The highest BCUT2D eigenvalue weighted by Crippen LogP contribution is 2.44. The van der Waals surface area contributed by atoms with Crippen molar-refractivity contribution >= 4 is 11.8 Å². The number of Topliss-reactive ketones (excluding diaryl/α,β-unsaturated/α-hetero) is 1. The zero-order chi connectivity index (χ0) is 21.0. The highest BCUT2D eigenvalue weighted by atomic mass is 16.5. The van der Waals surface area contributed by atoms with Gasteiger partial charge in [-0.25, -0.2) is 4.79 Å². The lowest BCUT2D eigenvalue weighted by Crippen LogP contribution is -2.34. The normalized spacial score (nSPS) is 19.0. The summed E-state index contributed by atoms with van der Waals surface area (Å²) < 4.78 is 10.8. The minimum Gasteiger partial charge on any atom is -0.504 e. The third kappa shape index (κ3) is 4.31. The number of hydrogen-bond acceptors (Lipinski definition) is 6. The summed E-state index contributed by atoms with van der Waals surface area (Å²) in [6.45, 7) is 4.29. The van der Waals surface area contributed by atoms with Crippen molar-refractivity contribution in [3.05, 3.63) is 46.3 Å². The second kappa shape index (κ2) is 9.16. The van der Waals surface area contributed by atoms with Crippen molar-refractivity contribution in [1.29, 1.82) is 0 Å². The van der Waals surface area contributed by atoms with E-state index in [9.17, 15) is 14.7 Å². The van der Waals surface area contributed by atoms with Crippen LogP contribution in [0.2, 0.25) is 0 Å². The number of ether oxygens (including phenoxy) is 2. The van der Waals surface area contributed by atoms with Crippen molar-refractivity contribution in [2.24, 2.45) is 0 Å². The topological polar surface area (TPSA) is 84.9 Å². The number of phenols is 1. The smallest absolute Gasteiger partial charge is 0.336 e. The van der Waals surface area contributed by atoms with E-state index in [0.717, 1.165) is 43.4 Å². The number of benzene rings is 1. The lowest BCUT2D eigenvalue weighted by molar-refractivity contribution is -0.139. The maximum atomic E-state index is 13.0. The average Bonchev–Trinajstić information content (AvgIpc) is 2.70. The van der Waals surface area contributed by atoms with Crippen molar-refractivity contribution in [3.63, 3.8) is 0 Å². The van der Waals surface area contributed by atoms with Crippen LogP contribution in [-0.2, 0) is 14.3 Å². The molecule has 3 rings (SSSR count). The number of esters is 1. The van der Waals surface area contributed by atoms with Gasteiger partial charge in [0.25, 0.3) is 0 Å². The number of carbonyl (C=O) groups excluding carboxylic acids is 2. The van der Waals surface area contributed by atoms with E-state index in [2.05, 4.69) is 12.2 Å². The van der Waals surface area contributed by atoms with Gasteiger partial charge >= 0.3 is 5.97 Å². The second-order valence-corrected chi connectivity index (χ2v) is 7.54. The SMILES string of the molecule is CCCCCOC(=O)C1=C(C)NC2=C(C(=O)CCC2)[C@H]1c1ccc(O)c(OC)c1. The lowest BCUT2D eigenvalue weighted by atomic mass is 9.75. The van der Waals surface area contributed by atoms with E-state index in [4.69, 9.17) is 9.47 Å². The molecule has 156 valence electrons. The van der Waals surface area contributed by atoms with Crippen LogP contribution in [0.25, 0.3) is 0 Å². The molecule has 0 spiro atoms. The molecule has 1 aliphatic heterocycles. The molecule has 1 aromatic rings. The van der Waals surface area contributed by atoms with Crippen molar-refractivity contribution in [3.8, 4) is 11.5 Å². The van der Waals surface area contributed by atoms with Gasteiger partial charge in [-0.05, 0) is 43.9 Å². The highest BCUT2D eigenvalue weighted by molar-refractivity contribution is 6.03. The summed E-state index contributed by atoms with van der Waals surface area (Å²) in [5.41, 5.74) is 3.37. The van der Waals surface area contributed by atoms with Gasteiger partial charge in [0.1, 0.15) is 0 Å². The number of nitrogens with one attached hydrogen (secondary N) is 1. The quantitative estimate of drug-likeness (QED) is 0.530. The Morgan fingerprint density at radius 1 is 1.28 bits per heavy atom. The van der Waals surface area contributed by atoms with Crippen molar-refractivity contribution in [2.45, 2.75) is 58.3 Å². The highest BCUT2D eigenvalue weighted by Gasteiger charge is 2.39. The van der Waals surface area contributed by atoms with Crippen LogP contribution >= 0.6 is 0 Å². The molecular formula is C23H29NO5. The number of ketones is 1. The molecule has 2 aliphatic rings. The minimum atomic E-state index is -0.535. The summed E-state index contributed by atoms with van der Waals surface area (Å²) in [4.78, 5) is 25.9. The molecule has 0 amide bonds. The summed E-state index contributed by atoms with van der Waals surface area (Å²) in [5.74, 6) is -0.585. The van der Waals surface area contributed by atoms with E-state index >= 15 is 0 Å². The molecule has 0 fully saturated rings. The maximum Gasteiger partial charge on any atom is 0.336 e. The standard InChI is InChI=1S/C23H29NO5/c1-4-5-6-12-29-23(27)20-14(2)24-16-8-7-9-18(26)22(16)21(20)15-10-11-17(25)19(13-15)28-3/h10-11,13,21,24-25H,4-9,12H2,1-3H3/t21-/m0/s1. The Kier molecular flexibility index (Phi) is 6.62. The molecule has 0 bridgehead atoms. The fraction of sp³-hybridized carbons (Fsp3) is 0.478. The van der Waals surface area contributed by atoms with Gasteiger partial charge in [-0.1, -0.05) is 25.8 Å². The van der Waals surface area contributed by atoms with Crippen molar-refractivity contribution in [2.75, 3.05) is 13.7 Å². The molecular weight excluding hydrogens is 370 g/mol. The first-order valence-corrected chi connectivity index (χ1v) is 10.3. The van der Waals surface area contributed by atoms with Crippen LogP contribution in [0.5, 0.6) is 11.5 Å². The van der Waals surface area contributed by atoms with Crippen LogP contribution < -0.4 is 10.1 Å². The number of carbonyl (C=O) groups is 2. The fourth-order valence-electron chi connectivity index (χ4n) is 4.06. The molecule has 1 aliphatic carbocycles. The van der Waals surface area contributed by atoms with Crippen LogP contribution in [0.1, 0.15) is 63.9 Å². The summed E-state index contributed by atoms with van der Waals surface area (Å²) in [6, 6.07) is 4.96. The average molecular weight is 399 g/mol. The molecule has 6 heteroatoms. The summed E-state index contributed by atoms with van der Waals surface area (Å²) >= 11 is 0. The Hall–Kier alpha value is -2.76. The number of unbranched alkanes of at least 4 members (excludes halogenated alkanes) is 2. The monoisotopic (exact) mass is 399 g/mol. The van der Waals surface area contributed by atoms with Gasteiger partial charge in [0, 0.05) is 29.3 Å². The molecule has 1 heterocycles. The van der Waals surface area contributed by atoms with E-state index in [1.807, 2.05) is 6.92 Å². The molecule has 29 heavy (non-hydrogen) atoms. The minimum absolute atomic E-state index is 0.0127. The molecule has 2 N–H and O–H groups in total. The number of phenolic OH excluding ortho intramolecular Hbond substituents is 1. The van der Waals surface area contributed by atoms with Gasteiger partial charge in [0.2, 0.25) is 0 Å². The summed E-state index contributed by atoms with van der Waals surface area (Å²) in [6.07, 6.45) is 4.87. The van der Waals surface area contributed by atoms with E-state index in [1.165, 1.54) is 13.2 Å². The van der Waals surface area contributed by atoms with Gasteiger partial charge in [-0.2, -0.15) is 0 Å². The molecule has 0 saturated carbocycles. The number of methoxy groups -OCH3 is 1. The molecule has 0 radical (unpaired) electrons. The molecule has 1 atom stereocenters. The van der Waals surface area contributed by atoms with E-state index in [-0.39, 0.29) is 11.5 Å². The summed E-state index contributed by atoms with van der Waals surface area (Å²) in [5, 5.41) is 13.3. The van der Waals surface area contributed by atoms with Crippen LogP contribution in [0.15, 0.2) is 40.7 Å². The van der Waals surface area contributed by atoms with E-state index < -0.39 is 11.9 Å². The molecule has 0 aromatic heterocycles. The first-order chi connectivity index (χ1) is 14.0. The molecule has 0 saturated heterocycles. The van der Waals surface area contributed by atoms with Crippen LogP contribution in [0, 0.1) is 0 Å². The Balaban J connectivity index is 2.03. The van der Waals surface area contributed by atoms with E-state index in [0.29, 0.717) is 35.6 Å². The van der Waals surface area contributed by atoms with E-state index in [1.54, 1.807) is 12.1 Å². The summed E-state index contributed by atoms with van der Waals surface area (Å²) in [7, 11) is 1.47. The Morgan fingerprint density at radius 3 is 2.79 bits per heavy atom. The largest absolute Gasteiger partial charge is 0.504 e. The molecule has 1 aromatic carbocycles. The van der Waals surface area contributed by atoms with Crippen molar-refractivity contribution < 1.29 is 24.2 Å². The van der Waals surface area contributed by atoms with Gasteiger partial charge in [-0.15, -0.1) is 0 Å². The number of hydrogen-bond donors (Lipinski definition) is 2. The Labute approximate surface area is 171 Å². The van der Waals surface area contributed by atoms with Crippen LogP contribution in [-0.4, -0.2) is 30.6 Å². The van der Waals surface area contributed by atoms with Crippen LogP contribution in [0.4, 0.5) is 0 Å². The molecule has 6 nitrogen and oxygen atoms in total. The predicted octanol–water partition coefficient (Wildman–Crippen LogP) is 4.10. The van der Waals surface area contributed by atoms with Gasteiger partial charge in [0.15, 0.2) is 17.3 Å². The number of allylic oxidation sites excluding steroid dienone is 3. The Morgan fingerprint density at radius 2 is 2.07 bits per heavy atom. The van der Waals surface area contributed by atoms with Gasteiger partial charge < -0.3 is 19.9 Å². The zero-order valence-electron chi connectivity index (χ0n) is 17.3. The first kappa shape index (κ1) is 21.0. The second-order valence-electron chi connectivity index (χ2n) is 7.54. The van der Waals surface area contributed by atoms with Crippen molar-refractivity contribution in [1.82, 2.24) is 5.32 Å². The first-order valence-electron chi connectivity index (χ1n) is 10.3. The van der Waals surface area contributed by atoms with Crippen LogP contribution in [0.3, 0.4) is 0 Å². The van der Waals surface area contributed by atoms with Gasteiger partial charge in [0.05, 0.1) is 19.3 Å². The number of aromatic hydroxyl groups is 1. The molecule has 0 unspecified atom stereocenters. The third-order valence-electron chi connectivity index (χ3n) is 5.51. The third-order valence-corrected chi connectivity index (χ3v) is 5.51. The maximum absolute atomic E-state index is 13.0. The predicted molar refractivity (Wildman–Crippen MR) is 110 cm³/mol. The number of rotatable bonds is 7. The zero-order valence-corrected chi connectivity index (χ0v) is 17.3. The van der Waals surface area contributed by atoms with Gasteiger partial charge in [-0.3, -0.25) is 4.79 Å². The number of dihydropyridines is 1. The Bertz CT molecular complexity index is 868. The lowest BCUT2D eigenvalue weighted by Gasteiger charge is -2.34. The fourth-order valence-corrected chi connectivity index (χ4v) is 4.06.